The Labute approximate surface area is 113 Å². The van der Waals surface area contributed by atoms with Crippen molar-refractivity contribution in [2.45, 2.75) is 51.5 Å². The van der Waals surface area contributed by atoms with Crippen LogP contribution < -0.4 is 5.73 Å². The molecule has 19 heavy (non-hydrogen) atoms. The zero-order valence-electron chi connectivity index (χ0n) is 11.8. The first-order valence-corrected chi connectivity index (χ1v) is 6.87. The Balaban J connectivity index is 2.06. The molecule has 2 heterocycles. The fourth-order valence-corrected chi connectivity index (χ4v) is 2.32. The van der Waals surface area contributed by atoms with Crippen molar-refractivity contribution in [2.75, 3.05) is 13.1 Å². The smallest absolute Gasteiger partial charge is 0.239 e. The van der Waals surface area contributed by atoms with Crippen LogP contribution in [0.3, 0.4) is 0 Å². The Bertz CT molecular complexity index is 442. The molecule has 1 saturated heterocycles. The summed E-state index contributed by atoms with van der Waals surface area (Å²) in [4.78, 5) is 18.2. The van der Waals surface area contributed by atoms with Crippen molar-refractivity contribution in [3.8, 4) is 0 Å². The first kappa shape index (κ1) is 14.0. The molecule has 1 amide bonds. The van der Waals surface area contributed by atoms with Crippen molar-refractivity contribution < 1.29 is 9.32 Å². The Kier molecular flexibility index (Phi) is 4.19. The fraction of sp³-hybridized carbons (Fsp3) is 0.769. The van der Waals surface area contributed by atoms with Gasteiger partial charge in [-0.3, -0.25) is 4.79 Å². The van der Waals surface area contributed by atoms with Gasteiger partial charge in [-0.15, -0.1) is 0 Å². The summed E-state index contributed by atoms with van der Waals surface area (Å²) in [5, 5.41) is 4.04. The molecule has 0 radical (unpaired) electrons. The third-order valence-electron chi connectivity index (χ3n) is 3.44. The molecule has 0 spiro atoms. The van der Waals surface area contributed by atoms with Crippen LogP contribution in [-0.2, 0) is 4.79 Å². The molecule has 1 fully saturated rings. The number of nitrogens with zero attached hydrogens (tertiary/aromatic N) is 3. The van der Waals surface area contributed by atoms with Crippen LogP contribution in [0.5, 0.6) is 0 Å². The molecular formula is C13H22N4O2. The van der Waals surface area contributed by atoms with Gasteiger partial charge in [0.15, 0.2) is 5.82 Å². The van der Waals surface area contributed by atoms with Crippen molar-refractivity contribution in [1.82, 2.24) is 15.0 Å². The zero-order chi connectivity index (χ0) is 14.0. The van der Waals surface area contributed by atoms with E-state index in [-0.39, 0.29) is 17.7 Å². The first-order valence-electron chi connectivity index (χ1n) is 6.87. The largest absolute Gasteiger partial charge is 0.341 e. The summed E-state index contributed by atoms with van der Waals surface area (Å²) in [5.41, 5.74) is 5.65. The summed E-state index contributed by atoms with van der Waals surface area (Å²) in [6, 6.07) is -0.449. The van der Waals surface area contributed by atoms with Crippen LogP contribution >= 0.6 is 0 Å². The van der Waals surface area contributed by atoms with Gasteiger partial charge in [0.05, 0.1) is 6.04 Å². The summed E-state index contributed by atoms with van der Waals surface area (Å²) in [6.07, 6.45) is 1.94. The molecule has 2 N–H and O–H groups in total. The van der Waals surface area contributed by atoms with Gasteiger partial charge in [-0.05, 0) is 19.8 Å². The number of rotatable bonds is 3. The van der Waals surface area contributed by atoms with Gasteiger partial charge >= 0.3 is 0 Å². The molecule has 0 aliphatic carbocycles. The van der Waals surface area contributed by atoms with Crippen LogP contribution in [-0.4, -0.2) is 40.1 Å². The van der Waals surface area contributed by atoms with Gasteiger partial charge in [0.25, 0.3) is 0 Å². The Morgan fingerprint density at radius 1 is 1.47 bits per heavy atom. The topological polar surface area (TPSA) is 85.2 Å². The minimum atomic E-state index is -0.449. The van der Waals surface area contributed by atoms with E-state index in [0.717, 1.165) is 19.4 Å². The summed E-state index contributed by atoms with van der Waals surface area (Å²) >= 11 is 0. The van der Waals surface area contributed by atoms with Gasteiger partial charge in [-0.2, -0.15) is 4.98 Å². The molecule has 1 aliphatic rings. The number of carbonyl (C=O) groups is 1. The van der Waals surface area contributed by atoms with Crippen LogP contribution in [0.4, 0.5) is 0 Å². The second-order valence-electron chi connectivity index (χ2n) is 5.56. The lowest BCUT2D eigenvalue weighted by Gasteiger charge is -2.32. The number of hydrogen-bond acceptors (Lipinski definition) is 5. The highest BCUT2D eigenvalue weighted by Gasteiger charge is 2.29. The predicted molar refractivity (Wildman–Crippen MR) is 70.6 cm³/mol. The Morgan fingerprint density at radius 3 is 2.79 bits per heavy atom. The van der Waals surface area contributed by atoms with E-state index in [4.69, 9.17) is 10.3 Å². The van der Waals surface area contributed by atoms with E-state index in [1.165, 1.54) is 0 Å². The van der Waals surface area contributed by atoms with Crippen LogP contribution in [0.15, 0.2) is 4.52 Å². The normalized spacial score (nSPS) is 21.7. The van der Waals surface area contributed by atoms with Crippen molar-refractivity contribution in [3.05, 3.63) is 11.7 Å². The summed E-state index contributed by atoms with van der Waals surface area (Å²) in [5.74, 6) is 1.76. The fourth-order valence-electron chi connectivity index (χ4n) is 2.32. The van der Waals surface area contributed by atoms with E-state index in [1.54, 1.807) is 6.92 Å². The maximum Gasteiger partial charge on any atom is 0.239 e. The molecular weight excluding hydrogens is 244 g/mol. The third kappa shape index (κ3) is 3.12. The van der Waals surface area contributed by atoms with E-state index in [9.17, 15) is 4.79 Å². The lowest BCUT2D eigenvalue weighted by Crippen LogP contribution is -2.46. The van der Waals surface area contributed by atoms with E-state index >= 15 is 0 Å². The average molecular weight is 266 g/mol. The van der Waals surface area contributed by atoms with Crippen LogP contribution in [0.25, 0.3) is 0 Å². The molecule has 0 aromatic carbocycles. The van der Waals surface area contributed by atoms with Crippen molar-refractivity contribution in [2.24, 2.45) is 5.73 Å². The van der Waals surface area contributed by atoms with E-state index in [0.29, 0.717) is 18.3 Å². The zero-order valence-corrected chi connectivity index (χ0v) is 11.8. The van der Waals surface area contributed by atoms with Gasteiger partial charge in [0.2, 0.25) is 11.8 Å². The molecule has 2 atom stereocenters. The quantitative estimate of drug-likeness (QED) is 0.889. The van der Waals surface area contributed by atoms with Crippen molar-refractivity contribution >= 4 is 5.91 Å². The van der Waals surface area contributed by atoms with E-state index in [2.05, 4.69) is 10.1 Å². The highest BCUT2D eigenvalue weighted by Crippen LogP contribution is 2.26. The third-order valence-corrected chi connectivity index (χ3v) is 3.44. The molecule has 0 bridgehead atoms. The molecule has 1 aromatic heterocycles. The van der Waals surface area contributed by atoms with Crippen molar-refractivity contribution in [3.63, 3.8) is 0 Å². The molecule has 1 aromatic rings. The Hall–Kier alpha value is -1.43. The monoisotopic (exact) mass is 266 g/mol. The average Bonchev–Trinajstić information content (AvgIpc) is 2.87. The standard InChI is InChI=1S/C13H22N4O2/c1-8(2)12-15-11(16-19-12)10-5-4-6-17(7-10)13(18)9(3)14/h8-10H,4-7,14H2,1-3H3/t9-,10?/m1/s1. The highest BCUT2D eigenvalue weighted by atomic mass is 16.5. The summed E-state index contributed by atoms with van der Waals surface area (Å²) in [7, 11) is 0. The molecule has 1 unspecified atom stereocenters. The number of hydrogen-bond donors (Lipinski definition) is 1. The number of carbonyl (C=O) groups excluding carboxylic acids is 1. The van der Waals surface area contributed by atoms with E-state index < -0.39 is 6.04 Å². The first-order chi connectivity index (χ1) is 8.99. The minimum Gasteiger partial charge on any atom is -0.341 e. The molecule has 106 valence electrons. The molecule has 0 saturated carbocycles. The lowest BCUT2D eigenvalue weighted by atomic mass is 9.97. The predicted octanol–water partition coefficient (Wildman–Crippen LogP) is 1.25. The minimum absolute atomic E-state index is 0.00252. The second-order valence-corrected chi connectivity index (χ2v) is 5.56. The van der Waals surface area contributed by atoms with Gasteiger partial charge in [0.1, 0.15) is 0 Å². The second kappa shape index (κ2) is 5.69. The van der Waals surface area contributed by atoms with Crippen molar-refractivity contribution in [1.29, 1.82) is 0 Å². The molecule has 6 nitrogen and oxygen atoms in total. The van der Waals surface area contributed by atoms with Gasteiger partial charge < -0.3 is 15.2 Å². The van der Waals surface area contributed by atoms with Crippen LogP contribution in [0.2, 0.25) is 0 Å². The molecule has 6 heteroatoms. The van der Waals surface area contributed by atoms with Crippen LogP contribution in [0, 0.1) is 0 Å². The maximum absolute atomic E-state index is 11.9. The lowest BCUT2D eigenvalue weighted by molar-refractivity contribution is -0.133. The summed E-state index contributed by atoms with van der Waals surface area (Å²) in [6.45, 7) is 7.16. The highest BCUT2D eigenvalue weighted by molar-refractivity contribution is 5.81. The van der Waals surface area contributed by atoms with Gasteiger partial charge in [-0.25, -0.2) is 0 Å². The SMILES string of the molecule is CC(C)c1nc(C2CCCN(C(=O)[C@@H](C)N)C2)no1. The number of piperidine rings is 1. The van der Waals surface area contributed by atoms with Gasteiger partial charge in [-0.1, -0.05) is 19.0 Å². The number of aromatic nitrogens is 2. The molecule has 2 rings (SSSR count). The maximum atomic E-state index is 11.9. The molecule has 1 aliphatic heterocycles. The van der Waals surface area contributed by atoms with E-state index in [1.807, 2.05) is 18.7 Å². The number of nitrogens with two attached hydrogens (primary N) is 1. The van der Waals surface area contributed by atoms with Gasteiger partial charge in [0, 0.05) is 24.9 Å². The Morgan fingerprint density at radius 2 is 2.21 bits per heavy atom. The van der Waals surface area contributed by atoms with Crippen LogP contribution in [0.1, 0.15) is 57.2 Å². The summed E-state index contributed by atoms with van der Waals surface area (Å²) < 4.78 is 5.23. The number of likely N-dealkylation sites (tertiary alicyclic amines) is 1. The number of amides is 1.